The fourth-order valence-corrected chi connectivity index (χ4v) is 2.95. The molecule has 114 valence electrons. The molecule has 0 spiro atoms. The van der Waals surface area contributed by atoms with Crippen molar-refractivity contribution < 1.29 is 5.11 Å². The Labute approximate surface area is 125 Å². The number of aromatic nitrogens is 3. The molecule has 2 aromatic heterocycles. The van der Waals surface area contributed by atoms with Crippen LogP contribution in [0.15, 0.2) is 18.5 Å². The van der Waals surface area contributed by atoms with E-state index in [2.05, 4.69) is 35.3 Å². The molecule has 0 aromatic carbocycles. The fourth-order valence-electron chi connectivity index (χ4n) is 2.95. The average Bonchev–Trinajstić information content (AvgIpc) is 2.91. The predicted molar refractivity (Wildman–Crippen MR) is 83.5 cm³/mol. The van der Waals surface area contributed by atoms with Gasteiger partial charge in [-0.25, -0.2) is 9.50 Å². The number of nitrogens with zero attached hydrogens (tertiary/aromatic N) is 3. The van der Waals surface area contributed by atoms with Crippen LogP contribution >= 0.6 is 0 Å². The summed E-state index contributed by atoms with van der Waals surface area (Å²) < 4.78 is 1.90. The van der Waals surface area contributed by atoms with Crippen molar-refractivity contribution in [3.05, 3.63) is 24.2 Å². The topological polar surface area (TPSA) is 62.5 Å². The lowest BCUT2D eigenvalue weighted by Gasteiger charge is -2.25. The van der Waals surface area contributed by atoms with Crippen LogP contribution in [-0.4, -0.2) is 32.4 Å². The van der Waals surface area contributed by atoms with Crippen molar-refractivity contribution in [3.8, 4) is 0 Å². The Bertz CT molecular complexity index is 599. The molecule has 3 rings (SSSR count). The molecular formula is C16H24N4O. The van der Waals surface area contributed by atoms with Crippen LogP contribution in [0.3, 0.4) is 0 Å². The molecule has 0 bridgehead atoms. The van der Waals surface area contributed by atoms with Crippen molar-refractivity contribution in [1.82, 2.24) is 14.6 Å². The van der Waals surface area contributed by atoms with Gasteiger partial charge in [0.1, 0.15) is 5.52 Å². The fraction of sp³-hybridized carbons (Fsp3) is 0.625. The summed E-state index contributed by atoms with van der Waals surface area (Å²) in [4.78, 5) is 4.46. The van der Waals surface area contributed by atoms with E-state index in [-0.39, 0.29) is 6.10 Å². The molecule has 0 amide bonds. The van der Waals surface area contributed by atoms with Gasteiger partial charge in [-0.1, -0.05) is 13.8 Å². The van der Waals surface area contributed by atoms with Gasteiger partial charge in [0.15, 0.2) is 5.82 Å². The minimum absolute atomic E-state index is 0.0914. The molecule has 2 N–H and O–H groups in total. The molecule has 0 saturated heterocycles. The lowest BCUT2D eigenvalue weighted by molar-refractivity contribution is 0.111. The third-order valence-electron chi connectivity index (χ3n) is 4.37. The Morgan fingerprint density at radius 3 is 2.81 bits per heavy atom. The number of aliphatic hydroxyl groups excluding tert-OH is 1. The molecule has 0 aliphatic heterocycles. The average molecular weight is 288 g/mol. The molecular weight excluding hydrogens is 264 g/mol. The normalized spacial score (nSPS) is 22.9. The van der Waals surface area contributed by atoms with Crippen molar-refractivity contribution in [1.29, 1.82) is 0 Å². The van der Waals surface area contributed by atoms with Gasteiger partial charge in [-0.05, 0) is 43.6 Å². The second-order valence-corrected chi connectivity index (χ2v) is 6.39. The standard InChI is InChI=1S/C16H24N4O/c1-11(2)14-9-15-16(17-7-8-20(15)19-14)18-10-12-3-5-13(21)6-4-12/h7-9,11-13,21H,3-6,10H2,1-2H3,(H,17,18). The predicted octanol–water partition coefficient (Wildman–Crippen LogP) is 2.82. The van der Waals surface area contributed by atoms with Crippen LogP contribution < -0.4 is 5.32 Å². The summed E-state index contributed by atoms with van der Waals surface area (Å²) in [5, 5.41) is 17.6. The smallest absolute Gasteiger partial charge is 0.152 e. The van der Waals surface area contributed by atoms with Crippen LogP contribution in [0, 0.1) is 5.92 Å². The Hall–Kier alpha value is -1.62. The molecule has 1 saturated carbocycles. The molecule has 2 aromatic rings. The molecule has 21 heavy (non-hydrogen) atoms. The Morgan fingerprint density at radius 2 is 2.10 bits per heavy atom. The van der Waals surface area contributed by atoms with Gasteiger partial charge < -0.3 is 10.4 Å². The number of nitrogens with one attached hydrogen (secondary N) is 1. The maximum atomic E-state index is 9.56. The number of anilines is 1. The van der Waals surface area contributed by atoms with Crippen molar-refractivity contribution in [3.63, 3.8) is 0 Å². The summed E-state index contributed by atoms with van der Waals surface area (Å²) in [7, 11) is 0. The quantitative estimate of drug-likeness (QED) is 0.908. The SMILES string of the molecule is CC(C)c1cc2c(NCC3CCC(O)CC3)nccn2n1. The zero-order chi connectivity index (χ0) is 14.8. The van der Waals surface area contributed by atoms with E-state index in [1.54, 1.807) is 6.20 Å². The highest BCUT2D eigenvalue weighted by Crippen LogP contribution is 2.25. The maximum absolute atomic E-state index is 9.56. The Balaban J connectivity index is 1.71. The van der Waals surface area contributed by atoms with Crippen LogP contribution in [0.5, 0.6) is 0 Å². The molecule has 5 heteroatoms. The van der Waals surface area contributed by atoms with Crippen LogP contribution in [0.25, 0.3) is 5.52 Å². The second-order valence-electron chi connectivity index (χ2n) is 6.39. The first-order chi connectivity index (χ1) is 10.1. The number of hydrogen-bond acceptors (Lipinski definition) is 4. The molecule has 0 unspecified atom stereocenters. The van der Waals surface area contributed by atoms with Crippen molar-refractivity contribution >= 4 is 11.3 Å². The summed E-state index contributed by atoms with van der Waals surface area (Å²) in [6, 6.07) is 2.12. The van der Waals surface area contributed by atoms with Gasteiger partial charge >= 0.3 is 0 Å². The summed E-state index contributed by atoms with van der Waals surface area (Å²) in [5.74, 6) is 1.95. The van der Waals surface area contributed by atoms with Crippen LogP contribution in [0.1, 0.15) is 51.1 Å². The minimum atomic E-state index is -0.0914. The van der Waals surface area contributed by atoms with E-state index in [9.17, 15) is 5.11 Å². The van der Waals surface area contributed by atoms with E-state index in [0.717, 1.165) is 49.3 Å². The first-order valence-electron chi connectivity index (χ1n) is 7.89. The Kier molecular flexibility index (Phi) is 4.10. The van der Waals surface area contributed by atoms with Crippen molar-refractivity contribution in [2.45, 2.75) is 51.6 Å². The van der Waals surface area contributed by atoms with E-state index < -0.39 is 0 Å². The van der Waals surface area contributed by atoms with E-state index in [0.29, 0.717) is 11.8 Å². The lowest BCUT2D eigenvalue weighted by atomic mass is 9.87. The second kappa shape index (κ2) is 6.02. The first-order valence-corrected chi connectivity index (χ1v) is 7.89. The minimum Gasteiger partial charge on any atom is -0.393 e. The van der Waals surface area contributed by atoms with Gasteiger partial charge in [0.05, 0.1) is 11.8 Å². The molecule has 0 radical (unpaired) electrons. The number of rotatable bonds is 4. The largest absolute Gasteiger partial charge is 0.393 e. The third-order valence-corrected chi connectivity index (χ3v) is 4.37. The highest BCUT2D eigenvalue weighted by Gasteiger charge is 2.19. The molecule has 5 nitrogen and oxygen atoms in total. The number of hydrogen-bond donors (Lipinski definition) is 2. The molecule has 1 fully saturated rings. The van der Waals surface area contributed by atoms with Gasteiger partial charge in [-0.15, -0.1) is 0 Å². The summed E-state index contributed by atoms with van der Waals surface area (Å²) in [6.45, 7) is 5.22. The molecule has 2 heterocycles. The summed E-state index contributed by atoms with van der Waals surface area (Å²) in [5.41, 5.74) is 2.13. The van der Waals surface area contributed by atoms with Gasteiger partial charge in [0.25, 0.3) is 0 Å². The highest BCUT2D eigenvalue weighted by molar-refractivity contribution is 5.67. The van der Waals surface area contributed by atoms with Crippen molar-refractivity contribution in [2.24, 2.45) is 5.92 Å². The third kappa shape index (κ3) is 3.18. The maximum Gasteiger partial charge on any atom is 0.152 e. The monoisotopic (exact) mass is 288 g/mol. The van der Waals surface area contributed by atoms with Crippen LogP contribution in [-0.2, 0) is 0 Å². The van der Waals surface area contributed by atoms with E-state index in [1.165, 1.54) is 0 Å². The van der Waals surface area contributed by atoms with Crippen LogP contribution in [0.2, 0.25) is 0 Å². The zero-order valence-electron chi connectivity index (χ0n) is 12.8. The Morgan fingerprint density at radius 1 is 1.33 bits per heavy atom. The number of aliphatic hydroxyl groups is 1. The summed E-state index contributed by atoms with van der Waals surface area (Å²) >= 11 is 0. The van der Waals surface area contributed by atoms with E-state index in [1.807, 2.05) is 10.7 Å². The van der Waals surface area contributed by atoms with Crippen molar-refractivity contribution in [2.75, 3.05) is 11.9 Å². The zero-order valence-corrected chi connectivity index (χ0v) is 12.8. The number of fused-ring (bicyclic) bond motifs is 1. The first kappa shape index (κ1) is 14.3. The van der Waals surface area contributed by atoms with Gasteiger partial charge in [-0.2, -0.15) is 5.10 Å². The van der Waals surface area contributed by atoms with E-state index >= 15 is 0 Å². The molecule has 1 aliphatic carbocycles. The van der Waals surface area contributed by atoms with Gasteiger partial charge in [0.2, 0.25) is 0 Å². The van der Waals surface area contributed by atoms with Crippen LogP contribution in [0.4, 0.5) is 5.82 Å². The molecule has 0 atom stereocenters. The molecule has 1 aliphatic rings. The lowest BCUT2D eigenvalue weighted by Crippen LogP contribution is -2.23. The van der Waals surface area contributed by atoms with Gasteiger partial charge in [0, 0.05) is 18.9 Å². The van der Waals surface area contributed by atoms with E-state index in [4.69, 9.17) is 0 Å². The highest BCUT2D eigenvalue weighted by atomic mass is 16.3. The van der Waals surface area contributed by atoms with Gasteiger partial charge in [-0.3, -0.25) is 0 Å². The summed E-state index contributed by atoms with van der Waals surface area (Å²) in [6.07, 6.45) is 7.62.